The maximum atomic E-state index is 12.0. The molecule has 43 heavy (non-hydrogen) atoms. The molecule has 7 heteroatoms. The van der Waals surface area contributed by atoms with Gasteiger partial charge < -0.3 is 4.98 Å². The van der Waals surface area contributed by atoms with E-state index in [1.807, 2.05) is 97.1 Å². The standard InChI is InChI=1S/C36H25N5O2/c42-41(43)30-24-14-13-23-29(30)32-31(25-15-5-1-6-16-25)37-34(38-32)35-39-33(26-17-7-2-8-18-26)36(40-35,27-19-9-3-10-20-27)28-21-11-4-12-22-28/h1-24H,(H,37,38). The van der Waals surface area contributed by atoms with Crippen LogP contribution in [0.4, 0.5) is 5.69 Å². The summed E-state index contributed by atoms with van der Waals surface area (Å²) in [6.45, 7) is 0. The molecule has 6 aromatic rings. The van der Waals surface area contributed by atoms with E-state index in [2.05, 4.69) is 29.2 Å². The SMILES string of the molecule is O=[N+]([O-])c1ccccc1-c1[nH]c(C2=NC(c3ccccc3)(c3ccccc3)C(c3ccccc3)=N2)nc1-c1ccccc1. The minimum atomic E-state index is -0.947. The van der Waals surface area contributed by atoms with Crippen LogP contribution < -0.4 is 0 Å². The third kappa shape index (κ3) is 4.53. The zero-order chi connectivity index (χ0) is 29.2. The van der Waals surface area contributed by atoms with E-state index in [9.17, 15) is 10.1 Å². The van der Waals surface area contributed by atoms with Crippen LogP contribution in [0.25, 0.3) is 22.5 Å². The van der Waals surface area contributed by atoms with Crippen molar-refractivity contribution < 1.29 is 4.92 Å². The zero-order valence-electron chi connectivity index (χ0n) is 23.0. The molecule has 0 amide bonds. The quantitative estimate of drug-likeness (QED) is 0.159. The van der Waals surface area contributed by atoms with E-state index < -0.39 is 5.54 Å². The molecule has 7 rings (SSSR count). The van der Waals surface area contributed by atoms with Crippen LogP contribution in [0.2, 0.25) is 0 Å². The second-order valence-corrected chi connectivity index (χ2v) is 10.2. The predicted octanol–water partition coefficient (Wildman–Crippen LogP) is 7.85. The van der Waals surface area contributed by atoms with Crippen LogP contribution in [0.5, 0.6) is 0 Å². The van der Waals surface area contributed by atoms with Crippen LogP contribution in [-0.2, 0) is 5.54 Å². The van der Waals surface area contributed by atoms with Gasteiger partial charge in [0.2, 0.25) is 0 Å². The van der Waals surface area contributed by atoms with Gasteiger partial charge in [-0.3, -0.25) is 10.1 Å². The second-order valence-electron chi connectivity index (χ2n) is 10.2. The normalized spacial score (nSPS) is 13.8. The van der Waals surface area contributed by atoms with Crippen molar-refractivity contribution in [1.82, 2.24) is 9.97 Å². The van der Waals surface area contributed by atoms with Gasteiger partial charge in [0.15, 0.2) is 17.2 Å². The number of aromatic nitrogens is 2. The highest BCUT2D eigenvalue weighted by atomic mass is 16.6. The fourth-order valence-corrected chi connectivity index (χ4v) is 5.65. The average molecular weight is 560 g/mol. The maximum Gasteiger partial charge on any atom is 0.278 e. The van der Waals surface area contributed by atoms with Crippen molar-refractivity contribution >= 4 is 17.2 Å². The number of hydrogen-bond donors (Lipinski definition) is 1. The van der Waals surface area contributed by atoms with E-state index in [-0.39, 0.29) is 10.6 Å². The van der Waals surface area contributed by atoms with Crippen LogP contribution in [0.3, 0.4) is 0 Å². The minimum Gasteiger partial charge on any atom is -0.335 e. The Hall–Kier alpha value is -5.95. The summed E-state index contributed by atoms with van der Waals surface area (Å²) in [6, 6.07) is 46.6. The van der Waals surface area contributed by atoms with Crippen molar-refractivity contribution in [3.63, 3.8) is 0 Å². The van der Waals surface area contributed by atoms with Crippen LogP contribution in [0.15, 0.2) is 156 Å². The first-order valence-corrected chi connectivity index (χ1v) is 13.9. The number of para-hydroxylation sites is 1. The molecule has 1 aromatic heterocycles. The van der Waals surface area contributed by atoms with Gasteiger partial charge in [0, 0.05) is 11.6 Å². The third-order valence-electron chi connectivity index (χ3n) is 7.60. The molecule has 1 N–H and O–H groups in total. The van der Waals surface area contributed by atoms with Crippen LogP contribution in [0.1, 0.15) is 22.5 Å². The van der Waals surface area contributed by atoms with Gasteiger partial charge in [-0.15, -0.1) is 0 Å². The van der Waals surface area contributed by atoms with Gasteiger partial charge in [-0.2, -0.15) is 0 Å². The number of nitro groups is 1. The van der Waals surface area contributed by atoms with Gasteiger partial charge in [0.25, 0.3) is 5.69 Å². The average Bonchev–Trinajstić information content (AvgIpc) is 3.70. The summed E-state index contributed by atoms with van der Waals surface area (Å²) in [5.74, 6) is 0.836. The first-order chi connectivity index (χ1) is 21.1. The Morgan fingerprint density at radius 3 is 1.72 bits per heavy atom. The number of imidazole rings is 1. The van der Waals surface area contributed by atoms with Gasteiger partial charge in [0.1, 0.15) is 0 Å². The fraction of sp³-hybridized carbons (Fsp3) is 0.0278. The van der Waals surface area contributed by atoms with Gasteiger partial charge >= 0.3 is 0 Å². The van der Waals surface area contributed by atoms with E-state index in [0.717, 1.165) is 28.0 Å². The number of benzene rings is 5. The lowest BCUT2D eigenvalue weighted by molar-refractivity contribution is -0.384. The largest absolute Gasteiger partial charge is 0.335 e. The summed E-state index contributed by atoms with van der Waals surface area (Å²) in [7, 11) is 0. The van der Waals surface area contributed by atoms with Crippen LogP contribution in [0, 0.1) is 10.1 Å². The summed E-state index contributed by atoms with van der Waals surface area (Å²) in [5.41, 5.74) is 5.05. The fourth-order valence-electron chi connectivity index (χ4n) is 5.65. The molecule has 5 aromatic carbocycles. The molecular formula is C36H25N5O2. The van der Waals surface area contributed by atoms with Gasteiger partial charge in [-0.05, 0) is 22.8 Å². The second kappa shape index (κ2) is 10.8. The Morgan fingerprint density at radius 2 is 1.14 bits per heavy atom. The lowest BCUT2D eigenvalue weighted by Crippen LogP contribution is -2.33. The van der Waals surface area contributed by atoms with Crippen LogP contribution >= 0.6 is 0 Å². The smallest absolute Gasteiger partial charge is 0.278 e. The molecule has 206 valence electrons. The number of H-pyrrole nitrogens is 1. The van der Waals surface area contributed by atoms with E-state index in [1.54, 1.807) is 18.2 Å². The third-order valence-corrected chi connectivity index (χ3v) is 7.60. The van der Waals surface area contributed by atoms with Crippen molar-refractivity contribution in [3.8, 4) is 22.5 Å². The summed E-state index contributed by atoms with van der Waals surface area (Å²) in [5, 5.41) is 12.0. The van der Waals surface area contributed by atoms with Crippen molar-refractivity contribution in [2.45, 2.75) is 5.54 Å². The number of nitrogens with zero attached hydrogens (tertiary/aromatic N) is 4. The molecule has 0 unspecified atom stereocenters. The number of nitrogens with one attached hydrogen (secondary N) is 1. The highest BCUT2D eigenvalue weighted by Crippen LogP contribution is 2.43. The zero-order valence-corrected chi connectivity index (χ0v) is 23.0. The Bertz CT molecular complexity index is 1940. The molecule has 0 spiro atoms. The Balaban J connectivity index is 1.51. The molecule has 7 nitrogen and oxygen atoms in total. The molecule has 1 aliphatic heterocycles. The lowest BCUT2D eigenvalue weighted by Gasteiger charge is -2.29. The van der Waals surface area contributed by atoms with E-state index in [0.29, 0.717) is 28.6 Å². The predicted molar refractivity (Wildman–Crippen MR) is 169 cm³/mol. The first kappa shape index (κ1) is 26.0. The van der Waals surface area contributed by atoms with E-state index >= 15 is 0 Å². The Kier molecular flexibility index (Phi) is 6.52. The van der Waals surface area contributed by atoms with Crippen LogP contribution in [-0.4, -0.2) is 26.4 Å². The number of aromatic amines is 1. The first-order valence-electron chi connectivity index (χ1n) is 13.9. The molecule has 0 fully saturated rings. The number of aliphatic imine (C=N–C) groups is 2. The number of nitro benzene ring substituents is 1. The number of amidine groups is 1. The van der Waals surface area contributed by atoms with Gasteiger partial charge in [0.05, 0.1) is 27.6 Å². The molecule has 1 aliphatic rings. The summed E-state index contributed by atoms with van der Waals surface area (Å²) in [4.78, 5) is 30.6. The monoisotopic (exact) mass is 559 g/mol. The minimum absolute atomic E-state index is 0.0142. The maximum absolute atomic E-state index is 12.0. The number of hydrogen-bond acceptors (Lipinski definition) is 5. The van der Waals surface area contributed by atoms with Crippen molar-refractivity contribution in [2.24, 2.45) is 9.98 Å². The molecule has 0 aliphatic carbocycles. The lowest BCUT2D eigenvalue weighted by atomic mass is 9.77. The summed E-state index contributed by atoms with van der Waals surface area (Å²) >= 11 is 0. The molecular weight excluding hydrogens is 534 g/mol. The van der Waals surface area contributed by atoms with Crippen molar-refractivity contribution in [3.05, 3.63) is 178 Å². The highest BCUT2D eigenvalue weighted by Gasteiger charge is 2.45. The Labute approximate surface area is 248 Å². The van der Waals surface area contributed by atoms with Crippen molar-refractivity contribution in [2.75, 3.05) is 0 Å². The Morgan fingerprint density at radius 1 is 0.628 bits per heavy atom. The molecule has 2 heterocycles. The van der Waals surface area contributed by atoms with E-state index in [4.69, 9.17) is 15.0 Å². The molecule has 0 saturated carbocycles. The highest BCUT2D eigenvalue weighted by molar-refractivity contribution is 6.21. The number of rotatable bonds is 7. The topological polar surface area (TPSA) is 96.5 Å². The van der Waals surface area contributed by atoms with E-state index in [1.165, 1.54) is 6.07 Å². The molecule has 0 atom stereocenters. The molecule has 0 saturated heterocycles. The summed E-state index contributed by atoms with van der Waals surface area (Å²) in [6.07, 6.45) is 0. The van der Waals surface area contributed by atoms with Gasteiger partial charge in [-0.1, -0.05) is 133 Å². The summed E-state index contributed by atoms with van der Waals surface area (Å²) < 4.78 is 0. The van der Waals surface area contributed by atoms with Gasteiger partial charge in [-0.25, -0.2) is 15.0 Å². The molecule has 0 bridgehead atoms. The van der Waals surface area contributed by atoms with Crippen molar-refractivity contribution in [1.29, 1.82) is 0 Å². The molecule has 0 radical (unpaired) electrons.